The van der Waals surface area contributed by atoms with Crippen molar-refractivity contribution < 1.29 is 14.3 Å². The van der Waals surface area contributed by atoms with Gasteiger partial charge in [0.05, 0.1) is 19.8 Å². The maximum atomic E-state index is 12.9. The number of ether oxygens (including phenoxy) is 2. The molecule has 1 aliphatic rings. The largest absolute Gasteiger partial charge is 0.493 e. The second-order valence-corrected chi connectivity index (χ2v) is 6.91. The van der Waals surface area contributed by atoms with Gasteiger partial charge in [-0.2, -0.15) is 0 Å². The molecule has 2 aromatic rings. The van der Waals surface area contributed by atoms with Gasteiger partial charge in [0.25, 0.3) is 5.91 Å². The summed E-state index contributed by atoms with van der Waals surface area (Å²) < 4.78 is 10.7. The number of nitrogens with two attached hydrogens (primary N) is 1. The molecule has 0 aliphatic carbocycles. The van der Waals surface area contributed by atoms with Crippen molar-refractivity contribution in [2.24, 2.45) is 5.84 Å². The van der Waals surface area contributed by atoms with Crippen molar-refractivity contribution in [3.8, 4) is 11.5 Å². The van der Waals surface area contributed by atoms with E-state index in [0.29, 0.717) is 23.6 Å². The van der Waals surface area contributed by atoms with Crippen LogP contribution in [-0.4, -0.2) is 44.8 Å². The summed E-state index contributed by atoms with van der Waals surface area (Å²) in [6.07, 6.45) is 1.78. The molecule has 1 heterocycles. The van der Waals surface area contributed by atoms with Gasteiger partial charge < -0.3 is 14.8 Å². The molecule has 0 atom stereocenters. The molecule has 0 spiro atoms. The van der Waals surface area contributed by atoms with Gasteiger partial charge in [0.15, 0.2) is 11.5 Å². The molecule has 1 amide bonds. The Kier molecular flexibility index (Phi) is 5.98. The molecule has 27 heavy (non-hydrogen) atoms. The molecule has 144 valence electrons. The van der Waals surface area contributed by atoms with Crippen LogP contribution in [0.3, 0.4) is 0 Å². The number of carbonyl (C=O) groups excluding carboxylic acids is 1. The van der Waals surface area contributed by atoms with E-state index in [-0.39, 0.29) is 11.3 Å². The Morgan fingerprint density at radius 2 is 1.78 bits per heavy atom. The summed E-state index contributed by atoms with van der Waals surface area (Å²) in [5.74, 6) is 6.78. The third kappa shape index (κ3) is 4.07. The number of amides is 1. The Hall–Kier alpha value is -2.57. The Morgan fingerprint density at radius 3 is 2.41 bits per heavy atom. The molecule has 0 bridgehead atoms. The molecule has 0 saturated carbocycles. The number of piperidine rings is 1. The first-order valence-electron chi connectivity index (χ1n) is 9.14. The standard InChI is InChI=1S/C21H27N3O3/c1-26-18-10-6-9-17(19(18)27-2)20(25)23-15-21(11-13-24(22)14-12-21)16-7-4-3-5-8-16/h3-10H,11-15,22H2,1-2H3,(H,23,25). The van der Waals surface area contributed by atoms with E-state index in [2.05, 4.69) is 17.4 Å². The molecule has 0 radical (unpaired) electrons. The third-order valence-electron chi connectivity index (χ3n) is 5.38. The van der Waals surface area contributed by atoms with Crippen LogP contribution in [-0.2, 0) is 5.41 Å². The number of methoxy groups -OCH3 is 2. The molecule has 1 saturated heterocycles. The topological polar surface area (TPSA) is 76.8 Å². The second-order valence-electron chi connectivity index (χ2n) is 6.91. The van der Waals surface area contributed by atoms with Gasteiger partial charge in [0, 0.05) is 25.0 Å². The number of hydrogen-bond acceptors (Lipinski definition) is 5. The van der Waals surface area contributed by atoms with Gasteiger partial charge in [-0.3, -0.25) is 10.6 Å². The third-order valence-corrected chi connectivity index (χ3v) is 5.38. The summed E-state index contributed by atoms with van der Waals surface area (Å²) in [7, 11) is 3.10. The average molecular weight is 369 g/mol. The fourth-order valence-electron chi connectivity index (χ4n) is 3.72. The Bertz CT molecular complexity index is 771. The van der Waals surface area contributed by atoms with E-state index in [0.717, 1.165) is 25.9 Å². The van der Waals surface area contributed by atoms with Crippen LogP contribution in [0.25, 0.3) is 0 Å². The smallest absolute Gasteiger partial charge is 0.255 e. The number of carbonyl (C=O) groups is 1. The number of benzene rings is 2. The lowest BCUT2D eigenvalue weighted by Gasteiger charge is -2.41. The molecule has 3 rings (SSSR count). The van der Waals surface area contributed by atoms with Crippen LogP contribution in [0.1, 0.15) is 28.8 Å². The number of rotatable bonds is 6. The normalized spacial score (nSPS) is 16.6. The van der Waals surface area contributed by atoms with E-state index in [1.54, 1.807) is 25.3 Å². The summed E-state index contributed by atoms with van der Waals surface area (Å²) in [6, 6.07) is 15.7. The molecule has 1 fully saturated rings. The fourth-order valence-corrected chi connectivity index (χ4v) is 3.72. The van der Waals surface area contributed by atoms with Crippen molar-refractivity contribution >= 4 is 5.91 Å². The maximum Gasteiger partial charge on any atom is 0.255 e. The van der Waals surface area contributed by atoms with E-state index in [1.807, 2.05) is 23.2 Å². The molecular weight excluding hydrogens is 342 g/mol. The lowest BCUT2D eigenvalue weighted by molar-refractivity contribution is 0.0918. The predicted octanol–water partition coefficient (Wildman–Crippen LogP) is 2.34. The van der Waals surface area contributed by atoms with Gasteiger partial charge in [-0.15, -0.1) is 0 Å². The summed E-state index contributed by atoms with van der Waals surface area (Å²) in [4.78, 5) is 12.9. The van der Waals surface area contributed by atoms with Crippen LogP contribution in [0.15, 0.2) is 48.5 Å². The lowest BCUT2D eigenvalue weighted by Crippen LogP contribution is -2.50. The predicted molar refractivity (Wildman–Crippen MR) is 105 cm³/mol. The first-order chi connectivity index (χ1) is 13.1. The van der Waals surface area contributed by atoms with Crippen molar-refractivity contribution in [2.45, 2.75) is 18.3 Å². The van der Waals surface area contributed by atoms with Gasteiger partial charge in [-0.1, -0.05) is 36.4 Å². The van der Waals surface area contributed by atoms with Crippen LogP contribution in [0, 0.1) is 0 Å². The number of hydrogen-bond donors (Lipinski definition) is 2. The first-order valence-corrected chi connectivity index (χ1v) is 9.14. The molecule has 6 heteroatoms. The number of nitrogens with zero attached hydrogens (tertiary/aromatic N) is 1. The van der Waals surface area contributed by atoms with Gasteiger partial charge in [-0.05, 0) is 30.5 Å². The van der Waals surface area contributed by atoms with Gasteiger partial charge in [0.1, 0.15) is 0 Å². The van der Waals surface area contributed by atoms with Crippen LogP contribution in [0.4, 0.5) is 0 Å². The van der Waals surface area contributed by atoms with E-state index >= 15 is 0 Å². The lowest BCUT2D eigenvalue weighted by atomic mass is 9.73. The maximum absolute atomic E-state index is 12.9. The zero-order chi connectivity index (χ0) is 19.3. The van der Waals surface area contributed by atoms with E-state index < -0.39 is 0 Å². The van der Waals surface area contributed by atoms with Crippen LogP contribution in [0.2, 0.25) is 0 Å². The minimum Gasteiger partial charge on any atom is -0.493 e. The van der Waals surface area contributed by atoms with Crippen LogP contribution < -0.4 is 20.6 Å². The van der Waals surface area contributed by atoms with E-state index in [1.165, 1.54) is 12.7 Å². The number of para-hydroxylation sites is 1. The summed E-state index contributed by atoms with van der Waals surface area (Å²) in [5, 5.41) is 4.96. The monoisotopic (exact) mass is 369 g/mol. The molecule has 0 unspecified atom stereocenters. The van der Waals surface area contributed by atoms with Gasteiger partial charge in [0.2, 0.25) is 0 Å². The zero-order valence-electron chi connectivity index (χ0n) is 15.9. The van der Waals surface area contributed by atoms with Crippen molar-refractivity contribution in [3.05, 3.63) is 59.7 Å². The molecule has 0 aromatic heterocycles. The van der Waals surface area contributed by atoms with Crippen LogP contribution >= 0.6 is 0 Å². The van der Waals surface area contributed by atoms with Crippen molar-refractivity contribution in [1.29, 1.82) is 0 Å². The minimum absolute atomic E-state index is 0.126. The summed E-state index contributed by atoms with van der Waals surface area (Å²) >= 11 is 0. The Morgan fingerprint density at radius 1 is 1.07 bits per heavy atom. The highest BCUT2D eigenvalue weighted by atomic mass is 16.5. The molecule has 2 aromatic carbocycles. The van der Waals surface area contributed by atoms with E-state index in [9.17, 15) is 4.79 Å². The van der Waals surface area contributed by atoms with Crippen LogP contribution in [0.5, 0.6) is 11.5 Å². The number of hydrazine groups is 1. The summed E-state index contributed by atoms with van der Waals surface area (Å²) in [6.45, 7) is 2.14. The zero-order valence-corrected chi connectivity index (χ0v) is 15.9. The van der Waals surface area contributed by atoms with Gasteiger partial charge >= 0.3 is 0 Å². The quantitative estimate of drug-likeness (QED) is 0.765. The SMILES string of the molecule is COc1cccc(C(=O)NCC2(c3ccccc3)CCN(N)CC2)c1OC. The molecule has 6 nitrogen and oxygen atoms in total. The van der Waals surface area contributed by atoms with E-state index in [4.69, 9.17) is 15.3 Å². The summed E-state index contributed by atoms with van der Waals surface area (Å²) in [5.41, 5.74) is 1.58. The minimum atomic E-state index is -0.170. The highest BCUT2D eigenvalue weighted by Gasteiger charge is 2.36. The fraction of sp³-hybridized carbons (Fsp3) is 0.381. The molecule has 3 N–H and O–H groups in total. The van der Waals surface area contributed by atoms with Crippen molar-refractivity contribution in [2.75, 3.05) is 33.9 Å². The number of nitrogens with one attached hydrogen (secondary N) is 1. The Balaban J connectivity index is 1.81. The average Bonchev–Trinajstić information content (AvgIpc) is 2.73. The Labute approximate surface area is 160 Å². The first kappa shape index (κ1) is 19.2. The molecule has 1 aliphatic heterocycles. The second kappa shape index (κ2) is 8.41. The molecular formula is C21H27N3O3. The highest BCUT2D eigenvalue weighted by molar-refractivity contribution is 5.97. The van der Waals surface area contributed by atoms with Gasteiger partial charge in [-0.25, -0.2) is 5.01 Å². The van der Waals surface area contributed by atoms with Crippen molar-refractivity contribution in [1.82, 2.24) is 10.3 Å². The van der Waals surface area contributed by atoms with Crippen molar-refractivity contribution in [3.63, 3.8) is 0 Å². The highest BCUT2D eigenvalue weighted by Crippen LogP contribution is 2.35.